The van der Waals surface area contributed by atoms with Crippen LogP contribution in [0.25, 0.3) is 0 Å². The van der Waals surface area contributed by atoms with Crippen LogP contribution in [0.5, 0.6) is 0 Å². The van der Waals surface area contributed by atoms with Crippen molar-refractivity contribution in [3.63, 3.8) is 0 Å². The summed E-state index contributed by atoms with van der Waals surface area (Å²) in [5, 5.41) is 9.98. The number of unbranched alkanes of at least 4 members (excludes halogenated alkanes) is 14. The summed E-state index contributed by atoms with van der Waals surface area (Å²) in [6, 6.07) is 0. The van der Waals surface area contributed by atoms with E-state index in [1.807, 2.05) is 6.92 Å². The van der Waals surface area contributed by atoms with Gasteiger partial charge in [0, 0.05) is 16.6 Å². The molecule has 3 heteroatoms. The van der Waals surface area contributed by atoms with Gasteiger partial charge in [-0.1, -0.05) is 110 Å². The van der Waals surface area contributed by atoms with Gasteiger partial charge in [0.1, 0.15) is 0 Å². The molecule has 0 aliphatic rings. The van der Waals surface area contributed by atoms with Crippen LogP contribution in [0.15, 0.2) is 0 Å². The van der Waals surface area contributed by atoms with E-state index in [9.17, 15) is 9.32 Å². The van der Waals surface area contributed by atoms with Crippen LogP contribution in [-0.2, 0) is 10.8 Å². The Morgan fingerprint density at radius 1 is 0.654 bits per heavy atom. The highest BCUT2D eigenvalue weighted by atomic mass is 32.2. The topological polar surface area (TPSA) is 37.3 Å². The predicted octanol–water partition coefficient (Wildman–Crippen LogP) is 7.16. The van der Waals surface area contributed by atoms with E-state index in [0.717, 1.165) is 25.0 Å². The summed E-state index contributed by atoms with van der Waals surface area (Å²) in [5.74, 6) is 0.780. The zero-order valence-corrected chi connectivity index (χ0v) is 19.0. The highest BCUT2D eigenvalue weighted by molar-refractivity contribution is 7.85. The van der Waals surface area contributed by atoms with E-state index in [-0.39, 0.29) is 5.25 Å². The Kier molecular flexibility index (Phi) is 19.9. The minimum atomic E-state index is -0.859. The van der Waals surface area contributed by atoms with E-state index in [1.54, 1.807) is 0 Å². The van der Waals surface area contributed by atoms with Gasteiger partial charge in [-0.15, -0.1) is 0 Å². The fourth-order valence-electron chi connectivity index (χ4n) is 3.60. The molecule has 1 N–H and O–H groups in total. The summed E-state index contributed by atoms with van der Waals surface area (Å²) in [6.07, 6.45) is 21.1. The molecule has 0 aliphatic heterocycles. The third-order valence-corrected chi connectivity index (χ3v) is 7.41. The first-order valence-corrected chi connectivity index (χ1v) is 13.1. The molecule has 0 bridgehead atoms. The quantitative estimate of drug-likeness (QED) is 0.225. The maximum Gasteiger partial charge on any atom is 0.0655 e. The molecule has 0 amide bonds. The number of aliphatic hydroxyl groups is 1. The second-order valence-corrected chi connectivity index (χ2v) is 9.88. The average molecular weight is 389 g/mol. The van der Waals surface area contributed by atoms with E-state index in [0.29, 0.717) is 0 Å². The van der Waals surface area contributed by atoms with Gasteiger partial charge >= 0.3 is 0 Å². The monoisotopic (exact) mass is 388 g/mol. The van der Waals surface area contributed by atoms with Crippen molar-refractivity contribution in [3.05, 3.63) is 0 Å². The first kappa shape index (κ1) is 26.1. The van der Waals surface area contributed by atoms with Gasteiger partial charge in [0.05, 0.1) is 11.4 Å². The molecule has 0 saturated heterocycles. The van der Waals surface area contributed by atoms with Crippen molar-refractivity contribution in [1.29, 1.82) is 0 Å². The SMILES string of the molecule is CCCCCCCCCCCCS(=O)C(CCCCCCCC)C(C)O. The molecule has 0 saturated carbocycles. The molecule has 0 aromatic heterocycles. The number of hydrogen-bond donors (Lipinski definition) is 1. The summed E-state index contributed by atoms with van der Waals surface area (Å²) in [7, 11) is -0.859. The third kappa shape index (κ3) is 16.3. The first-order chi connectivity index (χ1) is 12.6. The van der Waals surface area contributed by atoms with Crippen LogP contribution in [0.1, 0.15) is 130 Å². The molecule has 3 atom stereocenters. The smallest absolute Gasteiger partial charge is 0.0655 e. The Morgan fingerprint density at radius 2 is 1.04 bits per heavy atom. The van der Waals surface area contributed by atoms with E-state index in [2.05, 4.69) is 13.8 Å². The minimum absolute atomic E-state index is 0.0141. The van der Waals surface area contributed by atoms with Gasteiger partial charge in [-0.05, 0) is 19.8 Å². The first-order valence-electron chi connectivity index (χ1n) is 11.7. The lowest BCUT2D eigenvalue weighted by molar-refractivity contribution is 0.184. The van der Waals surface area contributed by atoms with Crippen LogP contribution in [0, 0.1) is 0 Å². The van der Waals surface area contributed by atoms with Crippen LogP contribution in [0.4, 0.5) is 0 Å². The molecule has 158 valence electrons. The maximum atomic E-state index is 12.5. The molecule has 0 heterocycles. The fourth-order valence-corrected chi connectivity index (χ4v) is 5.26. The van der Waals surface area contributed by atoms with Crippen molar-refractivity contribution in [2.24, 2.45) is 0 Å². The van der Waals surface area contributed by atoms with Crippen LogP contribution < -0.4 is 0 Å². The van der Waals surface area contributed by atoms with Crippen LogP contribution in [0.2, 0.25) is 0 Å². The summed E-state index contributed by atoms with van der Waals surface area (Å²) in [4.78, 5) is 0. The van der Waals surface area contributed by atoms with Crippen LogP contribution in [-0.4, -0.2) is 26.4 Å². The van der Waals surface area contributed by atoms with Crippen molar-refractivity contribution < 1.29 is 9.32 Å². The number of hydrogen-bond acceptors (Lipinski definition) is 2. The second-order valence-electron chi connectivity index (χ2n) is 8.10. The maximum absolute atomic E-state index is 12.5. The molecule has 2 nitrogen and oxygen atoms in total. The molecule has 0 fully saturated rings. The second kappa shape index (κ2) is 19.9. The van der Waals surface area contributed by atoms with Crippen molar-refractivity contribution in [1.82, 2.24) is 0 Å². The third-order valence-electron chi connectivity index (χ3n) is 5.42. The fraction of sp³-hybridized carbons (Fsp3) is 1.00. The van der Waals surface area contributed by atoms with Crippen LogP contribution in [0.3, 0.4) is 0 Å². The Labute approximate surface area is 167 Å². The summed E-state index contributed by atoms with van der Waals surface area (Å²) in [5.41, 5.74) is 0. The van der Waals surface area contributed by atoms with Crippen molar-refractivity contribution in [3.8, 4) is 0 Å². The minimum Gasteiger partial charge on any atom is -0.392 e. The Bertz CT molecular complexity index is 305. The van der Waals surface area contributed by atoms with E-state index in [1.165, 1.54) is 89.9 Å². The zero-order chi connectivity index (χ0) is 19.5. The molecule has 0 rings (SSSR count). The molecule has 0 radical (unpaired) electrons. The lowest BCUT2D eigenvalue weighted by Gasteiger charge is -2.19. The van der Waals surface area contributed by atoms with E-state index in [4.69, 9.17) is 0 Å². The van der Waals surface area contributed by atoms with Crippen LogP contribution >= 0.6 is 0 Å². The summed E-state index contributed by atoms with van der Waals surface area (Å²) >= 11 is 0. The van der Waals surface area contributed by atoms with Crippen molar-refractivity contribution >= 4 is 10.8 Å². The number of rotatable bonds is 20. The van der Waals surface area contributed by atoms with Gasteiger partial charge in [-0.2, -0.15) is 0 Å². The van der Waals surface area contributed by atoms with Gasteiger partial charge in [0.15, 0.2) is 0 Å². The van der Waals surface area contributed by atoms with Gasteiger partial charge in [0.2, 0.25) is 0 Å². The average Bonchev–Trinajstić information content (AvgIpc) is 2.62. The molecular weight excluding hydrogens is 340 g/mol. The highest BCUT2D eigenvalue weighted by Crippen LogP contribution is 2.17. The van der Waals surface area contributed by atoms with Gasteiger partial charge in [-0.3, -0.25) is 4.21 Å². The largest absolute Gasteiger partial charge is 0.392 e. The van der Waals surface area contributed by atoms with E-state index < -0.39 is 16.9 Å². The standard InChI is InChI=1S/C23H48O2S/c1-4-6-8-10-12-13-14-15-17-19-21-26(25)23(22(3)24)20-18-16-11-9-7-5-2/h22-24H,4-21H2,1-3H3. The van der Waals surface area contributed by atoms with E-state index >= 15 is 0 Å². The van der Waals surface area contributed by atoms with Gasteiger partial charge in [-0.25, -0.2) is 0 Å². The Hall–Kier alpha value is 0.110. The molecule has 26 heavy (non-hydrogen) atoms. The highest BCUT2D eigenvalue weighted by Gasteiger charge is 2.21. The Morgan fingerprint density at radius 3 is 1.46 bits per heavy atom. The molecule has 0 aromatic carbocycles. The lowest BCUT2D eigenvalue weighted by atomic mass is 10.1. The van der Waals surface area contributed by atoms with Crippen molar-refractivity contribution in [2.45, 2.75) is 141 Å². The van der Waals surface area contributed by atoms with Crippen molar-refractivity contribution in [2.75, 3.05) is 5.75 Å². The number of aliphatic hydroxyl groups excluding tert-OH is 1. The normalized spacial score (nSPS) is 15.1. The molecule has 0 aliphatic carbocycles. The summed E-state index contributed by atoms with van der Waals surface area (Å²) in [6.45, 7) is 6.32. The Balaban J connectivity index is 3.65. The molecule has 3 unspecified atom stereocenters. The summed E-state index contributed by atoms with van der Waals surface area (Å²) < 4.78 is 12.5. The van der Waals surface area contributed by atoms with Gasteiger partial charge in [0.25, 0.3) is 0 Å². The molecular formula is C23H48O2S. The molecule has 0 spiro atoms. The lowest BCUT2D eigenvalue weighted by Crippen LogP contribution is -2.29. The predicted molar refractivity (Wildman–Crippen MR) is 118 cm³/mol. The van der Waals surface area contributed by atoms with Gasteiger partial charge < -0.3 is 5.11 Å². The zero-order valence-electron chi connectivity index (χ0n) is 18.1. The molecule has 0 aromatic rings.